The van der Waals surface area contributed by atoms with E-state index in [9.17, 15) is 4.79 Å². The minimum absolute atomic E-state index is 0.388. The minimum Gasteiger partial charge on any atom is -0.339 e. The predicted octanol–water partition coefficient (Wildman–Crippen LogP) is 5.80. The van der Waals surface area contributed by atoms with Crippen LogP contribution in [0.3, 0.4) is 0 Å². The Bertz CT molecular complexity index is 246. The van der Waals surface area contributed by atoms with E-state index in [-0.39, 0.29) is 0 Å². The zero-order valence-corrected chi connectivity index (χ0v) is 15.3. The van der Waals surface area contributed by atoms with E-state index in [1.807, 2.05) is 0 Å². The molecule has 0 aliphatic carbocycles. The molecule has 0 rings (SSSR count). The summed E-state index contributed by atoms with van der Waals surface area (Å²) in [4.78, 5) is 14.8. The van der Waals surface area contributed by atoms with Crippen LogP contribution in [0.2, 0.25) is 0 Å². The molecule has 0 N–H and O–H groups in total. The number of nitrogens with zero attached hydrogens (tertiary/aromatic N) is 1. The van der Waals surface area contributed by atoms with E-state index < -0.39 is 0 Å². The third-order valence-corrected chi connectivity index (χ3v) is 4.47. The van der Waals surface area contributed by atoms with Gasteiger partial charge in [-0.1, -0.05) is 66.7 Å². The Morgan fingerprint density at radius 2 is 1.48 bits per heavy atom. The van der Waals surface area contributed by atoms with Gasteiger partial charge in [0, 0.05) is 19.0 Å². The lowest BCUT2D eigenvalue weighted by molar-refractivity contribution is -0.134. The zero-order chi connectivity index (χ0) is 16.1. The molecule has 2 heteroatoms. The molecule has 21 heavy (non-hydrogen) atoms. The van der Waals surface area contributed by atoms with Crippen LogP contribution in [0.4, 0.5) is 0 Å². The Balaban J connectivity index is 4.86. The van der Waals surface area contributed by atoms with Gasteiger partial charge in [-0.25, -0.2) is 0 Å². The van der Waals surface area contributed by atoms with Gasteiger partial charge in [0.1, 0.15) is 0 Å². The van der Waals surface area contributed by atoms with E-state index >= 15 is 0 Å². The topological polar surface area (TPSA) is 20.3 Å². The number of unbranched alkanes of at least 4 members (excludes halogenated alkanes) is 1. The molecule has 0 aromatic heterocycles. The first kappa shape index (κ1) is 20.5. The van der Waals surface area contributed by atoms with Crippen LogP contribution < -0.4 is 0 Å². The van der Waals surface area contributed by atoms with Crippen LogP contribution in [-0.4, -0.2) is 23.4 Å². The van der Waals surface area contributed by atoms with E-state index in [1.54, 1.807) is 0 Å². The Hall–Kier alpha value is -0.530. The average Bonchev–Trinajstić information content (AvgIpc) is 2.47. The molecule has 0 fully saturated rings. The van der Waals surface area contributed by atoms with Crippen LogP contribution in [0.5, 0.6) is 0 Å². The van der Waals surface area contributed by atoms with Gasteiger partial charge >= 0.3 is 0 Å². The number of carbonyl (C=O) groups is 1. The summed E-state index contributed by atoms with van der Waals surface area (Å²) in [5.41, 5.74) is 0. The predicted molar refractivity (Wildman–Crippen MR) is 93.5 cm³/mol. The molecular weight excluding hydrogens is 258 g/mol. The van der Waals surface area contributed by atoms with E-state index in [0.717, 1.165) is 25.8 Å². The van der Waals surface area contributed by atoms with Crippen molar-refractivity contribution in [3.63, 3.8) is 0 Å². The molecule has 1 amide bonds. The second-order valence-corrected chi connectivity index (χ2v) is 6.44. The van der Waals surface area contributed by atoms with Gasteiger partial charge in [0.2, 0.25) is 5.91 Å². The van der Waals surface area contributed by atoms with Crippen molar-refractivity contribution >= 4 is 5.91 Å². The minimum atomic E-state index is 0.388. The van der Waals surface area contributed by atoms with Gasteiger partial charge < -0.3 is 4.90 Å². The van der Waals surface area contributed by atoms with E-state index in [2.05, 4.69) is 39.5 Å². The molecule has 1 atom stereocenters. The molecule has 0 aromatic carbocycles. The molecule has 126 valence electrons. The van der Waals surface area contributed by atoms with Gasteiger partial charge in [0.25, 0.3) is 0 Å². The average molecular weight is 298 g/mol. The monoisotopic (exact) mass is 297 g/mol. The third kappa shape index (κ3) is 8.48. The summed E-state index contributed by atoms with van der Waals surface area (Å²) >= 11 is 0. The van der Waals surface area contributed by atoms with Crippen LogP contribution in [0.25, 0.3) is 0 Å². The molecular formula is C19H39NO. The maximum atomic E-state index is 12.6. The number of hydrogen-bond donors (Lipinski definition) is 0. The van der Waals surface area contributed by atoms with Gasteiger partial charge in [0.15, 0.2) is 0 Å². The summed E-state index contributed by atoms with van der Waals surface area (Å²) in [6.07, 6.45) is 11.4. The molecule has 0 spiro atoms. The summed E-state index contributed by atoms with van der Waals surface area (Å²) < 4.78 is 0. The first-order valence-corrected chi connectivity index (χ1v) is 9.43. The molecule has 0 saturated heterocycles. The molecule has 0 aliphatic rings. The number of carbonyl (C=O) groups excluding carboxylic acids is 1. The molecule has 0 aromatic rings. The third-order valence-electron chi connectivity index (χ3n) is 4.47. The van der Waals surface area contributed by atoms with Gasteiger partial charge in [0.05, 0.1) is 0 Å². The normalized spacial score (nSPS) is 12.7. The highest BCUT2D eigenvalue weighted by atomic mass is 16.2. The van der Waals surface area contributed by atoms with E-state index in [1.165, 1.54) is 38.5 Å². The zero-order valence-electron chi connectivity index (χ0n) is 15.3. The van der Waals surface area contributed by atoms with Crippen LogP contribution >= 0.6 is 0 Å². The van der Waals surface area contributed by atoms with Crippen molar-refractivity contribution < 1.29 is 4.79 Å². The largest absolute Gasteiger partial charge is 0.339 e. The maximum Gasteiger partial charge on any atom is 0.222 e. The molecule has 2 nitrogen and oxygen atoms in total. The highest BCUT2D eigenvalue weighted by molar-refractivity contribution is 5.76. The molecule has 0 bridgehead atoms. The number of amides is 1. The van der Waals surface area contributed by atoms with Gasteiger partial charge in [-0.3, -0.25) is 4.79 Å². The van der Waals surface area contributed by atoms with Crippen LogP contribution in [-0.2, 0) is 4.79 Å². The molecule has 0 saturated carbocycles. The fourth-order valence-corrected chi connectivity index (χ4v) is 3.13. The van der Waals surface area contributed by atoms with Crippen molar-refractivity contribution in [1.82, 2.24) is 4.90 Å². The lowest BCUT2D eigenvalue weighted by Crippen LogP contribution is -2.43. The van der Waals surface area contributed by atoms with Gasteiger partial charge in [-0.15, -0.1) is 0 Å². The molecule has 0 radical (unpaired) electrons. The van der Waals surface area contributed by atoms with Crippen molar-refractivity contribution in [3.05, 3.63) is 0 Å². The van der Waals surface area contributed by atoms with Crippen molar-refractivity contribution in [1.29, 1.82) is 0 Å². The Morgan fingerprint density at radius 1 is 0.857 bits per heavy atom. The fourth-order valence-electron chi connectivity index (χ4n) is 3.13. The standard InChI is InChI=1S/C19H39NO/c1-6-11-15-17(10-5)16-20(19(21)14-9-4)18(12-7-2)13-8-3/h17-18H,6-16H2,1-5H3. The number of hydrogen-bond acceptors (Lipinski definition) is 1. The molecule has 0 heterocycles. The molecule has 1 unspecified atom stereocenters. The second-order valence-electron chi connectivity index (χ2n) is 6.44. The van der Waals surface area contributed by atoms with Crippen LogP contribution in [0, 0.1) is 5.92 Å². The lowest BCUT2D eigenvalue weighted by Gasteiger charge is -2.35. The highest BCUT2D eigenvalue weighted by Crippen LogP contribution is 2.21. The molecule has 0 aliphatic heterocycles. The van der Waals surface area contributed by atoms with Crippen molar-refractivity contribution in [2.45, 2.75) is 105 Å². The van der Waals surface area contributed by atoms with E-state index in [0.29, 0.717) is 24.3 Å². The summed E-state index contributed by atoms with van der Waals surface area (Å²) in [6.45, 7) is 12.1. The van der Waals surface area contributed by atoms with Crippen molar-refractivity contribution in [2.75, 3.05) is 6.54 Å². The van der Waals surface area contributed by atoms with Crippen LogP contribution in [0.15, 0.2) is 0 Å². The Morgan fingerprint density at radius 3 is 1.90 bits per heavy atom. The second kappa shape index (κ2) is 13.2. The summed E-state index contributed by atoms with van der Waals surface area (Å²) in [7, 11) is 0. The Labute approximate surface area is 133 Å². The summed E-state index contributed by atoms with van der Waals surface area (Å²) in [5.74, 6) is 1.07. The van der Waals surface area contributed by atoms with Crippen molar-refractivity contribution in [3.8, 4) is 0 Å². The van der Waals surface area contributed by atoms with Gasteiger partial charge in [-0.2, -0.15) is 0 Å². The number of rotatable bonds is 13. The van der Waals surface area contributed by atoms with Gasteiger partial charge in [-0.05, 0) is 31.6 Å². The quantitative estimate of drug-likeness (QED) is 0.420. The first-order chi connectivity index (χ1) is 10.1. The van der Waals surface area contributed by atoms with Crippen molar-refractivity contribution in [2.24, 2.45) is 5.92 Å². The summed E-state index contributed by atoms with van der Waals surface area (Å²) in [5, 5.41) is 0. The smallest absolute Gasteiger partial charge is 0.222 e. The van der Waals surface area contributed by atoms with E-state index in [4.69, 9.17) is 0 Å². The first-order valence-electron chi connectivity index (χ1n) is 9.43. The SMILES string of the molecule is CCCCC(CC)CN(C(=O)CCC)C(CCC)CCC. The summed E-state index contributed by atoms with van der Waals surface area (Å²) in [6, 6.07) is 0.467. The lowest BCUT2D eigenvalue weighted by atomic mass is 9.96. The highest BCUT2D eigenvalue weighted by Gasteiger charge is 2.24. The Kier molecular flexibility index (Phi) is 12.8. The maximum absolute atomic E-state index is 12.6. The fraction of sp³-hybridized carbons (Fsp3) is 0.947. The van der Waals surface area contributed by atoms with Crippen LogP contribution in [0.1, 0.15) is 98.8 Å².